The van der Waals surface area contributed by atoms with Crippen LogP contribution in [0.2, 0.25) is 5.02 Å². The van der Waals surface area contributed by atoms with Gasteiger partial charge >= 0.3 is 0 Å². The maximum Gasteiger partial charge on any atom is 0.242 e. The monoisotopic (exact) mass is 390 g/mol. The van der Waals surface area contributed by atoms with Gasteiger partial charge in [-0.1, -0.05) is 42.8 Å². The summed E-state index contributed by atoms with van der Waals surface area (Å²) in [7, 11) is 0. The zero-order chi connectivity index (χ0) is 19.8. The van der Waals surface area contributed by atoms with Crippen molar-refractivity contribution in [2.75, 3.05) is 6.54 Å². The van der Waals surface area contributed by atoms with Crippen molar-refractivity contribution < 1.29 is 14.0 Å². The second kappa shape index (κ2) is 10.1. The first-order chi connectivity index (χ1) is 12.9. The van der Waals surface area contributed by atoms with Crippen LogP contribution in [0.3, 0.4) is 0 Å². The predicted octanol–water partition coefficient (Wildman–Crippen LogP) is 3.97. The van der Waals surface area contributed by atoms with E-state index < -0.39 is 6.04 Å². The van der Waals surface area contributed by atoms with Crippen molar-refractivity contribution in [1.29, 1.82) is 0 Å². The van der Waals surface area contributed by atoms with Crippen LogP contribution in [0.25, 0.3) is 0 Å². The van der Waals surface area contributed by atoms with Crippen molar-refractivity contribution >= 4 is 23.4 Å². The Morgan fingerprint density at radius 1 is 1.04 bits per heavy atom. The molecule has 27 heavy (non-hydrogen) atoms. The molecule has 0 fully saturated rings. The van der Waals surface area contributed by atoms with Gasteiger partial charge in [0.15, 0.2) is 0 Å². The van der Waals surface area contributed by atoms with E-state index in [-0.39, 0.29) is 30.6 Å². The minimum absolute atomic E-state index is 0.161. The van der Waals surface area contributed by atoms with Crippen molar-refractivity contribution in [2.45, 2.75) is 39.3 Å². The highest BCUT2D eigenvalue weighted by Gasteiger charge is 2.28. The summed E-state index contributed by atoms with van der Waals surface area (Å²) in [6, 6.07) is 12.4. The third-order valence-electron chi connectivity index (χ3n) is 4.27. The van der Waals surface area contributed by atoms with Gasteiger partial charge in [-0.15, -0.1) is 0 Å². The van der Waals surface area contributed by atoms with E-state index in [1.807, 2.05) is 13.8 Å². The number of carbonyl (C=O) groups excluding carboxylic acids is 2. The number of nitrogens with zero attached hydrogens (tertiary/aromatic N) is 1. The molecule has 0 aliphatic rings. The number of rotatable bonds is 8. The van der Waals surface area contributed by atoms with Gasteiger partial charge in [0.05, 0.1) is 6.42 Å². The van der Waals surface area contributed by atoms with Crippen LogP contribution < -0.4 is 5.32 Å². The molecule has 0 unspecified atom stereocenters. The number of amides is 2. The first kappa shape index (κ1) is 20.9. The Bertz CT molecular complexity index is 763. The van der Waals surface area contributed by atoms with E-state index in [9.17, 15) is 14.0 Å². The molecule has 6 heteroatoms. The molecule has 4 nitrogen and oxygen atoms in total. The first-order valence-electron chi connectivity index (χ1n) is 9.00. The van der Waals surface area contributed by atoms with Crippen molar-refractivity contribution in [2.24, 2.45) is 0 Å². The predicted molar refractivity (Wildman–Crippen MR) is 105 cm³/mol. The lowest BCUT2D eigenvalue weighted by Gasteiger charge is -2.30. The van der Waals surface area contributed by atoms with E-state index in [0.29, 0.717) is 18.0 Å². The molecule has 2 amide bonds. The number of carbonyl (C=O) groups is 2. The molecule has 0 saturated heterocycles. The van der Waals surface area contributed by atoms with Gasteiger partial charge in [-0.2, -0.15) is 0 Å². The molecular formula is C21H24ClFN2O2. The maximum absolute atomic E-state index is 13.2. The summed E-state index contributed by atoms with van der Waals surface area (Å²) in [5.74, 6) is -0.695. The summed E-state index contributed by atoms with van der Waals surface area (Å²) < 4.78 is 13.2. The zero-order valence-electron chi connectivity index (χ0n) is 15.5. The van der Waals surface area contributed by atoms with E-state index in [1.165, 1.54) is 12.1 Å². The van der Waals surface area contributed by atoms with E-state index >= 15 is 0 Å². The van der Waals surface area contributed by atoms with Crippen molar-refractivity contribution in [3.05, 3.63) is 70.5 Å². The van der Waals surface area contributed by atoms with Gasteiger partial charge in [0, 0.05) is 18.1 Å². The van der Waals surface area contributed by atoms with Crippen LogP contribution in [0.4, 0.5) is 4.39 Å². The lowest BCUT2D eigenvalue weighted by atomic mass is 10.1. The Hall–Kier alpha value is -2.40. The van der Waals surface area contributed by atoms with Crippen LogP contribution >= 0.6 is 11.6 Å². The highest BCUT2D eigenvalue weighted by Crippen LogP contribution is 2.16. The fourth-order valence-corrected chi connectivity index (χ4v) is 3.00. The molecule has 0 aromatic heterocycles. The van der Waals surface area contributed by atoms with Gasteiger partial charge in [0.25, 0.3) is 0 Å². The minimum Gasteiger partial charge on any atom is -0.355 e. The number of hydrogen-bond donors (Lipinski definition) is 1. The molecule has 0 radical (unpaired) electrons. The fraction of sp³-hybridized carbons (Fsp3) is 0.333. The summed E-state index contributed by atoms with van der Waals surface area (Å²) in [5, 5.41) is 3.39. The lowest BCUT2D eigenvalue weighted by Crippen LogP contribution is -2.49. The molecule has 0 aliphatic carbocycles. The third-order valence-corrected chi connectivity index (χ3v) is 4.52. The molecule has 2 rings (SSSR count). The Labute approximate surface area is 164 Å². The Balaban J connectivity index is 2.25. The zero-order valence-corrected chi connectivity index (χ0v) is 16.3. The number of nitrogens with one attached hydrogen (secondary N) is 1. The summed E-state index contributed by atoms with van der Waals surface area (Å²) >= 11 is 5.90. The molecule has 0 spiro atoms. The number of hydrogen-bond acceptors (Lipinski definition) is 2. The normalized spacial score (nSPS) is 11.7. The smallest absolute Gasteiger partial charge is 0.242 e. The van der Waals surface area contributed by atoms with Gasteiger partial charge in [-0.25, -0.2) is 4.39 Å². The summed E-state index contributed by atoms with van der Waals surface area (Å²) in [6.07, 6.45) is 0.646. The standard InChI is InChI=1S/C21H24ClFN2O2/c1-3-19(21(27)24-4-2)25(14-16-7-11-18(23)12-8-16)20(26)13-15-5-9-17(22)10-6-15/h5-12,19H,3-4,13-14H2,1-2H3,(H,24,27)/t19-/m0/s1. The SMILES string of the molecule is CCNC(=O)[C@H](CC)N(Cc1ccc(F)cc1)C(=O)Cc1ccc(Cl)cc1. The molecule has 0 heterocycles. The molecule has 144 valence electrons. The third kappa shape index (κ3) is 6.07. The second-order valence-corrected chi connectivity index (χ2v) is 6.71. The molecule has 1 atom stereocenters. The molecule has 2 aromatic rings. The van der Waals surface area contributed by atoms with Crippen LogP contribution in [-0.2, 0) is 22.6 Å². The molecule has 2 aromatic carbocycles. The van der Waals surface area contributed by atoms with E-state index in [0.717, 1.165) is 11.1 Å². The number of likely N-dealkylation sites (N-methyl/N-ethyl adjacent to an activating group) is 1. The van der Waals surface area contributed by atoms with Crippen molar-refractivity contribution in [3.8, 4) is 0 Å². The average Bonchev–Trinajstić information content (AvgIpc) is 2.65. The van der Waals surface area contributed by atoms with Gasteiger partial charge in [-0.3, -0.25) is 9.59 Å². The van der Waals surface area contributed by atoms with E-state index in [4.69, 9.17) is 11.6 Å². The highest BCUT2D eigenvalue weighted by atomic mass is 35.5. The lowest BCUT2D eigenvalue weighted by molar-refractivity contribution is -0.140. The summed E-state index contributed by atoms with van der Waals surface area (Å²) in [5.41, 5.74) is 1.59. The topological polar surface area (TPSA) is 49.4 Å². The van der Waals surface area contributed by atoms with Crippen LogP contribution in [-0.4, -0.2) is 29.3 Å². The van der Waals surface area contributed by atoms with Crippen LogP contribution in [0, 0.1) is 5.82 Å². The first-order valence-corrected chi connectivity index (χ1v) is 9.38. The summed E-state index contributed by atoms with van der Waals surface area (Å²) in [6.45, 7) is 4.44. The van der Waals surface area contributed by atoms with Crippen molar-refractivity contribution in [1.82, 2.24) is 10.2 Å². The second-order valence-electron chi connectivity index (χ2n) is 6.27. The Morgan fingerprint density at radius 2 is 1.63 bits per heavy atom. The van der Waals surface area contributed by atoms with E-state index in [2.05, 4.69) is 5.32 Å². The van der Waals surface area contributed by atoms with Crippen LogP contribution in [0.5, 0.6) is 0 Å². The quantitative estimate of drug-likeness (QED) is 0.741. The van der Waals surface area contributed by atoms with Gasteiger partial charge in [-0.05, 0) is 48.7 Å². The largest absolute Gasteiger partial charge is 0.355 e. The van der Waals surface area contributed by atoms with Crippen LogP contribution in [0.1, 0.15) is 31.4 Å². The molecule has 1 N–H and O–H groups in total. The minimum atomic E-state index is -0.588. The molecule has 0 saturated carbocycles. The highest BCUT2D eigenvalue weighted by molar-refractivity contribution is 6.30. The van der Waals surface area contributed by atoms with Crippen LogP contribution in [0.15, 0.2) is 48.5 Å². The molecule has 0 aliphatic heterocycles. The number of halogens is 2. The molecular weight excluding hydrogens is 367 g/mol. The summed E-state index contributed by atoms with van der Waals surface area (Å²) in [4.78, 5) is 27.1. The molecule has 0 bridgehead atoms. The van der Waals surface area contributed by atoms with Crippen molar-refractivity contribution in [3.63, 3.8) is 0 Å². The fourth-order valence-electron chi connectivity index (χ4n) is 2.88. The van der Waals surface area contributed by atoms with Gasteiger partial charge in [0.1, 0.15) is 11.9 Å². The Morgan fingerprint density at radius 3 is 2.19 bits per heavy atom. The van der Waals surface area contributed by atoms with Gasteiger partial charge in [0.2, 0.25) is 11.8 Å². The average molecular weight is 391 g/mol. The van der Waals surface area contributed by atoms with E-state index in [1.54, 1.807) is 41.3 Å². The Kier molecular flexibility index (Phi) is 7.80. The number of benzene rings is 2. The maximum atomic E-state index is 13.2. The van der Waals surface area contributed by atoms with Gasteiger partial charge < -0.3 is 10.2 Å².